The number of hydrogen-bond acceptors (Lipinski definition) is 1. The third kappa shape index (κ3) is 9.84. The Hall–Kier alpha value is -0.250. The molecule has 0 rings (SSSR count). The van der Waals surface area contributed by atoms with E-state index in [0.717, 1.165) is 12.8 Å². The highest BCUT2D eigenvalue weighted by molar-refractivity contribution is 4.60. The van der Waals surface area contributed by atoms with Crippen LogP contribution in [0.5, 0.6) is 0 Å². The molecule has 0 aromatic carbocycles. The molecule has 0 bridgehead atoms. The van der Waals surface area contributed by atoms with Crippen LogP contribution in [-0.2, 0) is 0 Å². The van der Waals surface area contributed by atoms with Gasteiger partial charge in [0.15, 0.2) is 0 Å². The summed E-state index contributed by atoms with van der Waals surface area (Å²) in [5.41, 5.74) is 0. The Labute approximate surface area is 83.3 Å². The summed E-state index contributed by atoms with van der Waals surface area (Å²) in [6.07, 6.45) is -3.74. The molecule has 0 heterocycles. The zero-order valence-corrected chi connectivity index (χ0v) is 8.77. The van der Waals surface area contributed by atoms with Gasteiger partial charge >= 0.3 is 6.18 Å². The van der Waals surface area contributed by atoms with Crippen molar-refractivity contribution in [2.75, 3.05) is 0 Å². The van der Waals surface area contributed by atoms with Gasteiger partial charge in [-0.2, -0.15) is 13.2 Å². The van der Waals surface area contributed by atoms with Crippen LogP contribution in [-0.4, -0.2) is 17.4 Å². The number of aliphatic hydroxyl groups excluding tert-OH is 1. The van der Waals surface area contributed by atoms with Crippen LogP contribution < -0.4 is 0 Å². The minimum Gasteiger partial charge on any atom is -0.393 e. The number of alkyl halides is 3. The molecule has 1 nitrogen and oxygen atoms in total. The highest BCUT2D eigenvalue weighted by Gasteiger charge is 2.27. The molecule has 0 radical (unpaired) electrons. The van der Waals surface area contributed by atoms with Crippen LogP contribution in [0.25, 0.3) is 0 Å². The number of hydrogen-bond donors (Lipinski definition) is 1. The SMILES string of the molecule is CC(C)CCCC(O)CCC(F)(F)F. The van der Waals surface area contributed by atoms with Crippen LogP contribution in [0, 0.1) is 5.92 Å². The summed E-state index contributed by atoms with van der Waals surface area (Å²) >= 11 is 0. The predicted octanol–water partition coefficient (Wildman–Crippen LogP) is 3.52. The van der Waals surface area contributed by atoms with E-state index < -0.39 is 18.7 Å². The molecule has 86 valence electrons. The van der Waals surface area contributed by atoms with E-state index in [4.69, 9.17) is 0 Å². The fraction of sp³-hybridized carbons (Fsp3) is 1.00. The van der Waals surface area contributed by atoms with Crippen LogP contribution in [0.2, 0.25) is 0 Å². The average molecular weight is 212 g/mol. The summed E-state index contributed by atoms with van der Waals surface area (Å²) in [7, 11) is 0. The first-order valence-corrected chi connectivity index (χ1v) is 5.06. The zero-order valence-electron chi connectivity index (χ0n) is 8.77. The van der Waals surface area contributed by atoms with Gasteiger partial charge in [-0.25, -0.2) is 0 Å². The topological polar surface area (TPSA) is 20.2 Å². The smallest absolute Gasteiger partial charge is 0.389 e. The second-order valence-corrected chi connectivity index (χ2v) is 4.13. The first-order valence-electron chi connectivity index (χ1n) is 5.06. The second-order valence-electron chi connectivity index (χ2n) is 4.13. The van der Waals surface area contributed by atoms with Crippen molar-refractivity contribution in [1.82, 2.24) is 0 Å². The fourth-order valence-corrected chi connectivity index (χ4v) is 1.24. The van der Waals surface area contributed by atoms with Crippen LogP contribution in [0.1, 0.15) is 46.0 Å². The molecule has 0 saturated heterocycles. The maximum atomic E-state index is 11.8. The van der Waals surface area contributed by atoms with E-state index in [1.807, 2.05) is 0 Å². The first kappa shape index (κ1) is 13.8. The maximum absolute atomic E-state index is 11.8. The minimum absolute atomic E-state index is 0.165. The summed E-state index contributed by atoms with van der Waals surface area (Å²) in [5.74, 6) is 0.546. The van der Waals surface area contributed by atoms with Crippen molar-refractivity contribution in [2.24, 2.45) is 5.92 Å². The molecular weight excluding hydrogens is 193 g/mol. The van der Waals surface area contributed by atoms with E-state index in [2.05, 4.69) is 13.8 Å². The standard InChI is InChI=1S/C10H19F3O/c1-8(2)4-3-5-9(14)6-7-10(11,12)13/h8-9,14H,3-7H2,1-2H3. The number of halogens is 3. The average Bonchev–Trinajstić information content (AvgIpc) is 1.99. The Balaban J connectivity index is 3.42. The Morgan fingerprint density at radius 3 is 2.07 bits per heavy atom. The summed E-state index contributed by atoms with van der Waals surface area (Å²) in [5, 5.41) is 9.23. The molecule has 0 saturated carbocycles. The van der Waals surface area contributed by atoms with Gasteiger partial charge in [0, 0.05) is 6.42 Å². The van der Waals surface area contributed by atoms with Gasteiger partial charge in [0.05, 0.1) is 6.10 Å². The molecule has 0 spiro atoms. The van der Waals surface area contributed by atoms with E-state index >= 15 is 0 Å². The molecule has 14 heavy (non-hydrogen) atoms. The van der Waals surface area contributed by atoms with E-state index in [-0.39, 0.29) is 6.42 Å². The molecule has 0 amide bonds. The summed E-state index contributed by atoms with van der Waals surface area (Å²) in [4.78, 5) is 0. The largest absolute Gasteiger partial charge is 0.393 e. The molecule has 4 heteroatoms. The molecule has 0 aromatic rings. The van der Waals surface area contributed by atoms with Gasteiger partial charge in [-0.1, -0.05) is 26.7 Å². The normalized spacial score (nSPS) is 14.8. The third-order valence-corrected chi connectivity index (χ3v) is 2.08. The van der Waals surface area contributed by atoms with E-state index in [9.17, 15) is 18.3 Å². The highest BCUT2D eigenvalue weighted by atomic mass is 19.4. The molecule has 1 N–H and O–H groups in total. The lowest BCUT2D eigenvalue weighted by Crippen LogP contribution is -2.14. The van der Waals surface area contributed by atoms with Crippen molar-refractivity contribution in [1.29, 1.82) is 0 Å². The van der Waals surface area contributed by atoms with Crippen LogP contribution in [0.3, 0.4) is 0 Å². The van der Waals surface area contributed by atoms with Crippen molar-refractivity contribution in [3.05, 3.63) is 0 Å². The summed E-state index contributed by atoms with van der Waals surface area (Å²) < 4.78 is 35.3. The van der Waals surface area contributed by atoms with E-state index in [0.29, 0.717) is 12.3 Å². The second kappa shape index (κ2) is 6.27. The van der Waals surface area contributed by atoms with Crippen molar-refractivity contribution in [2.45, 2.75) is 58.2 Å². The summed E-state index contributed by atoms with van der Waals surface area (Å²) in [6, 6.07) is 0. The van der Waals surface area contributed by atoms with Gasteiger partial charge in [0.25, 0.3) is 0 Å². The Kier molecular flexibility index (Phi) is 6.16. The molecule has 0 aliphatic carbocycles. The fourth-order valence-electron chi connectivity index (χ4n) is 1.24. The lowest BCUT2D eigenvalue weighted by molar-refractivity contribution is -0.140. The van der Waals surface area contributed by atoms with Crippen molar-refractivity contribution in [3.63, 3.8) is 0 Å². The number of rotatable bonds is 6. The Bertz CT molecular complexity index is 143. The molecule has 1 atom stereocenters. The Morgan fingerprint density at radius 1 is 1.07 bits per heavy atom. The van der Waals surface area contributed by atoms with Crippen molar-refractivity contribution >= 4 is 0 Å². The third-order valence-electron chi connectivity index (χ3n) is 2.08. The van der Waals surface area contributed by atoms with Gasteiger partial charge in [-0.3, -0.25) is 0 Å². The molecule has 1 unspecified atom stereocenters. The molecule has 0 aliphatic rings. The van der Waals surface area contributed by atoms with Crippen molar-refractivity contribution < 1.29 is 18.3 Å². The van der Waals surface area contributed by atoms with E-state index in [1.165, 1.54) is 0 Å². The lowest BCUT2D eigenvalue weighted by atomic mass is 10.0. The van der Waals surface area contributed by atoms with Gasteiger partial charge in [-0.15, -0.1) is 0 Å². The van der Waals surface area contributed by atoms with Crippen molar-refractivity contribution in [3.8, 4) is 0 Å². The molecular formula is C10H19F3O. The number of aliphatic hydroxyl groups is 1. The van der Waals surface area contributed by atoms with Crippen LogP contribution in [0.4, 0.5) is 13.2 Å². The lowest BCUT2D eigenvalue weighted by Gasteiger charge is -2.12. The molecule has 0 fully saturated rings. The van der Waals surface area contributed by atoms with Crippen LogP contribution in [0.15, 0.2) is 0 Å². The minimum atomic E-state index is -4.14. The molecule has 0 aliphatic heterocycles. The predicted molar refractivity (Wildman–Crippen MR) is 50.0 cm³/mol. The Morgan fingerprint density at radius 2 is 1.64 bits per heavy atom. The monoisotopic (exact) mass is 212 g/mol. The quantitative estimate of drug-likeness (QED) is 0.714. The van der Waals surface area contributed by atoms with Gasteiger partial charge in [0.2, 0.25) is 0 Å². The first-order chi connectivity index (χ1) is 6.31. The van der Waals surface area contributed by atoms with Gasteiger partial charge in [-0.05, 0) is 18.8 Å². The summed E-state index contributed by atoms with van der Waals surface area (Å²) in [6.45, 7) is 4.12. The molecule has 0 aromatic heterocycles. The maximum Gasteiger partial charge on any atom is 0.389 e. The zero-order chi connectivity index (χ0) is 11.2. The van der Waals surface area contributed by atoms with Gasteiger partial charge in [0.1, 0.15) is 0 Å². The highest BCUT2D eigenvalue weighted by Crippen LogP contribution is 2.23. The van der Waals surface area contributed by atoms with Crippen LogP contribution >= 0.6 is 0 Å². The van der Waals surface area contributed by atoms with E-state index in [1.54, 1.807) is 0 Å². The van der Waals surface area contributed by atoms with Gasteiger partial charge < -0.3 is 5.11 Å².